The molecule has 2 heterocycles. The Balaban J connectivity index is 1.24. The van der Waals surface area contributed by atoms with Gasteiger partial charge in [-0.25, -0.2) is 0 Å². The van der Waals surface area contributed by atoms with E-state index in [1.165, 1.54) is 11.6 Å². The number of nitrogens with one attached hydrogen (secondary N) is 3. The number of carbonyl (C=O) groups is 2. The van der Waals surface area contributed by atoms with Crippen LogP contribution in [0.3, 0.4) is 0 Å². The minimum atomic E-state index is -0.529. The smallest absolute Gasteiger partial charge is 0.248 e. The van der Waals surface area contributed by atoms with Crippen LogP contribution in [-0.4, -0.2) is 55.1 Å². The van der Waals surface area contributed by atoms with Gasteiger partial charge in [-0.15, -0.1) is 0 Å². The fraction of sp³-hybridized carbons (Fsp3) is 0.333. The van der Waals surface area contributed by atoms with Crippen molar-refractivity contribution >= 4 is 35.0 Å². The predicted octanol–water partition coefficient (Wildman–Crippen LogP) is 4.79. The second-order valence-corrected chi connectivity index (χ2v) is 11.1. The van der Waals surface area contributed by atoms with Gasteiger partial charge in [0, 0.05) is 37.4 Å². The highest BCUT2D eigenvalue weighted by Gasteiger charge is 2.38. The standard InChI is InChI=1S/C33H39N5O3/c1-22(2)24-12-14-26(15-13-24)36-33(40)32(35-17-18-38-20-28-19-27(38)21-41-28)25-10-7-23(8-11-25)9-16-31(39)37-30-6-4-3-5-29(30)34/h3-16,22,27-28,32,35H,17-21,34H2,1-2H3,(H,36,40)(H,37,39)/b16-9+/t27-,28-,32?/m0/s1. The van der Waals surface area contributed by atoms with E-state index in [9.17, 15) is 9.59 Å². The number of rotatable bonds is 11. The van der Waals surface area contributed by atoms with E-state index >= 15 is 0 Å². The van der Waals surface area contributed by atoms with Crippen molar-refractivity contribution in [1.29, 1.82) is 0 Å². The van der Waals surface area contributed by atoms with Crippen molar-refractivity contribution in [2.24, 2.45) is 0 Å². The predicted molar refractivity (Wildman–Crippen MR) is 165 cm³/mol. The number of fused-ring (bicyclic) bond motifs is 2. The number of hydrogen-bond acceptors (Lipinski definition) is 6. The molecule has 8 nitrogen and oxygen atoms in total. The summed E-state index contributed by atoms with van der Waals surface area (Å²) in [5.74, 6) is 0.0441. The molecule has 2 bridgehead atoms. The zero-order valence-electron chi connectivity index (χ0n) is 23.7. The van der Waals surface area contributed by atoms with Gasteiger partial charge in [-0.05, 0) is 59.4 Å². The molecule has 3 atom stereocenters. The minimum absolute atomic E-state index is 0.114. The maximum Gasteiger partial charge on any atom is 0.248 e. The van der Waals surface area contributed by atoms with Crippen molar-refractivity contribution in [3.05, 3.63) is 95.6 Å². The number of benzene rings is 3. The number of ether oxygens (including phenoxy) is 1. The second-order valence-electron chi connectivity index (χ2n) is 11.1. The number of amides is 2. The summed E-state index contributed by atoms with van der Waals surface area (Å²) >= 11 is 0. The van der Waals surface area contributed by atoms with E-state index in [2.05, 4.69) is 46.8 Å². The molecule has 2 fully saturated rings. The van der Waals surface area contributed by atoms with Crippen molar-refractivity contribution < 1.29 is 14.3 Å². The van der Waals surface area contributed by atoms with Gasteiger partial charge in [0.05, 0.1) is 24.1 Å². The molecule has 0 aliphatic carbocycles. The Morgan fingerprint density at radius 3 is 2.39 bits per heavy atom. The summed E-state index contributed by atoms with van der Waals surface area (Å²) in [5.41, 5.74) is 10.7. The van der Waals surface area contributed by atoms with E-state index in [0.29, 0.717) is 36.0 Å². The van der Waals surface area contributed by atoms with Crippen molar-refractivity contribution in [2.45, 2.75) is 44.4 Å². The van der Waals surface area contributed by atoms with Gasteiger partial charge in [-0.3, -0.25) is 14.5 Å². The number of likely N-dealkylation sites (tertiary alicyclic amines) is 1. The zero-order valence-corrected chi connectivity index (χ0v) is 23.7. The van der Waals surface area contributed by atoms with Crippen LogP contribution in [0.1, 0.15) is 48.9 Å². The van der Waals surface area contributed by atoms with Crippen LogP contribution >= 0.6 is 0 Å². The van der Waals surface area contributed by atoms with Crippen molar-refractivity contribution in [2.75, 3.05) is 42.6 Å². The molecule has 2 aliphatic heterocycles. The molecule has 2 amide bonds. The molecule has 1 unspecified atom stereocenters. The molecular weight excluding hydrogens is 514 g/mol. The number of para-hydroxylation sites is 2. The summed E-state index contributed by atoms with van der Waals surface area (Å²) in [5, 5.41) is 9.36. The number of nitrogen functional groups attached to an aromatic ring is 1. The molecule has 3 aromatic rings. The summed E-state index contributed by atoms with van der Waals surface area (Å²) in [6.45, 7) is 7.59. The highest BCUT2D eigenvalue weighted by atomic mass is 16.5. The van der Waals surface area contributed by atoms with E-state index in [1.54, 1.807) is 18.2 Å². The van der Waals surface area contributed by atoms with Crippen molar-refractivity contribution in [3.8, 4) is 0 Å². The minimum Gasteiger partial charge on any atom is -0.397 e. The Kier molecular flexibility index (Phi) is 9.14. The van der Waals surface area contributed by atoms with Gasteiger partial charge in [0.15, 0.2) is 0 Å². The first-order chi connectivity index (χ1) is 19.9. The maximum absolute atomic E-state index is 13.5. The molecule has 0 spiro atoms. The van der Waals surface area contributed by atoms with Crippen LogP contribution in [-0.2, 0) is 14.3 Å². The van der Waals surface area contributed by atoms with Crippen molar-refractivity contribution in [1.82, 2.24) is 10.2 Å². The summed E-state index contributed by atoms with van der Waals surface area (Å²) in [6, 6.07) is 22.8. The average Bonchev–Trinajstić information content (AvgIpc) is 3.60. The van der Waals surface area contributed by atoms with Gasteiger partial charge >= 0.3 is 0 Å². The highest BCUT2D eigenvalue weighted by Crippen LogP contribution is 2.27. The molecule has 0 saturated carbocycles. The number of carbonyl (C=O) groups excluding carboxylic acids is 2. The molecule has 2 saturated heterocycles. The van der Waals surface area contributed by atoms with Gasteiger partial charge in [0.1, 0.15) is 6.04 Å². The third kappa shape index (κ3) is 7.41. The first-order valence-electron chi connectivity index (χ1n) is 14.3. The highest BCUT2D eigenvalue weighted by molar-refractivity contribution is 6.03. The molecule has 3 aromatic carbocycles. The molecule has 5 N–H and O–H groups in total. The van der Waals surface area contributed by atoms with Gasteiger partial charge < -0.3 is 26.4 Å². The molecular formula is C33H39N5O3. The fourth-order valence-electron chi connectivity index (χ4n) is 5.39. The maximum atomic E-state index is 13.5. The normalized spacial score (nSPS) is 19.1. The number of nitrogens with two attached hydrogens (primary N) is 1. The number of anilines is 3. The molecule has 41 heavy (non-hydrogen) atoms. The topological polar surface area (TPSA) is 109 Å². The second kappa shape index (κ2) is 13.1. The van der Waals surface area contributed by atoms with Crippen LogP contribution in [0.4, 0.5) is 17.1 Å². The zero-order chi connectivity index (χ0) is 28.8. The summed E-state index contributed by atoms with van der Waals surface area (Å²) < 4.78 is 5.72. The van der Waals surface area contributed by atoms with E-state index in [-0.39, 0.29) is 11.8 Å². The quantitative estimate of drug-likeness (QED) is 0.201. The Labute approximate surface area is 242 Å². The Morgan fingerprint density at radius 1 is 1.00 bits per heavy atom. The van der Waals surface area contributed by atoms with Gasteiger partial charge in [-0.2, -0.15) is 0 Å². The van der Waals surface area contributed by atoms with E-state index in [1.807, 2.05) is 48.5 Å². The summed E-state index contributed by atoms with van der Waals surface area (Å²) in [7, 11) is 0. The molecule has 5 rings (SSSR count). The molecule has 0 radical (unpaired) electrons. The summed E-state index contributed by atoms with van der Waals surface area (Å²) in [6.07, 6.45) is 4.66. The SMILES string of the molecule is CC(C)c1ccc(NC(=O)C(NCCN2C[C@@H]3C[C@H]2CO3)c2ccc(/C=C/C(=O)Nc3ccccc3N)cc2)cc1. The Morgan fingerprint density at radius 2 is 1.73 bits per heavy atom. The fourth-order valence-corrected chi connectivity index (χ4v) is 5.39. The monoisotopic (exact) mass is 553 g/mol. The third-order valence-electron chi connectivity index (χ3n) is 7.78. The van der Waals surface area contributed by atoms with Crippen LogP contribution < -0.4 is 21.7 Å². The molecule has 214 valence electrons. The lowest BCUT2D eigenvalue weighted by atomic mass is 10.0. The van der Waals surface area contributed by atoms with Crippen LogP contribution in [0.5, 0.6) is 0 Å². The number of morpholine rings is 1. The van der Waals surface area contributed by atoms with Crippen LogP contribution in [0, 0.1) is 0 Å². The van der Waals surface area contributed by atoms with Crippen LogP contribution in [0.2, 0.25) is 0 Å². The van der Waals surface area contributed by atoms with Gasteiger partial charge in [-0.1, -0.05) is 62.4 Å². The van der Waals surface area contributed by atoms with Crippen molar-refractivity contribution in [3.63, 3.8) is 0 Å². The first-order valence-corrected chi connectivity index (χ1v) is 14.3. The first kappa shape index (κ1) is 28.5. The summed E-state index contributed by atoms with van der Waals surface area (Å²) in [4.78, 5) is 28.3. The van der Waals surface area contributed by atoms with E-state index in [4.69, 9.17) is 10.5 Å². The number of nitrogens with zero attached hydrogens (tertiary/aromatic N) is 1. The van der Waals surface area contributed by atoms with Crippen LogP contribution in [0.15, 0.2) is 78.9 Å². The molecule has 2 aliphatic rings. The lowest BCUT2D eigenvalue weighted by molar-refractivity contribution is -0.118. The van der Waals surface area contributed by atoms with Crippen LogP contribution in [0.25, 0.3) is 6.08 Å². The lowest BCUT2D eigenvalue weighted by Gasteiger charge is -2.27. The third-order valence-corrected chi connectivity index (χ3v) is 7.78. The lowest BCUT2D eigenvalue weighted by Crippen LogP contribution is -2.43. The largest absolute Gasteiger partial charge is 0.397 e. The van der Waals surface area contributed by atoms with Gasteiger partial charge in [0.25, 0.3) is 0 Å². The average molecular weight is 554 g/mol. The van der Waals surface area contributed by atoms with E-state index in [0.717, 1.165) is 42.9 Å². The van der Waals surface area contributed by atoms with E-state index < -0.39 is 6.04 Å². The Bertz CT molecular complexity index is 1370. The number of hydrogen-bond donors (Lipinski definition) is 4. The van der Waals surface area contributed by atoms with Gasteiger partial charge in [0.2, 0.25) is 11.8 Å². The molecule has 8 heteroatoms. The Hall–Kier alpha value is -3.98. The molecule has 0 aromatic heterocycles.